The Morgan fingerprint density at radius 1 is 1.25 bits per heavy atom. The van der Waals surface area contributed by atoms with Crippen LogP contribution in [0.2, 0.25) is 0 Å². The molecule has 0 unspecified atom stereocenters. The maximum absolute atomic E-state index is 13.5. The van der Waals surface area contributed by atoms with Crippen molar-refractivity contribution in [2.24, 2.45) is 0 Å². The molecule has 1 rings (SSSR count). The van der Waals surface area contributed by atoms with Gasteiger partial charge in [0.1, 0.15) is 12.4 Å². The average molecular weight is 230 g/mol. The highest BCUT2D eigenvalue weighted by Gasteiger charge is 2.33. The summed E-state index contributed by atoms with van der Waals surface area (Å²) in [4.78, 5) is 0. The smallest absolute Gasteiger partial charge is 0.296 e. The second-order valence-corrected chi connectivity index (χ2v) is 3.89. The fraction of sp³-hybridized carbons (Fsp3) is 0.500. The normalized spacial score (nSPS) is 11.7. The van der Waals surface area contributed by atoms with Gasteiger partial charge in [0.2, 0.25) is 0 Å². The summed E-state index contributed by atoms with van der Waals surface area (Å²) < 4.78 is 32.1. The Labute approximate surface area is 93.9 Å². The van der Waals surface area contributed by atoms with E-state index in [-0.39, 0.29) is 5.56 Å². The van der Waals surface area contributed by atoms with Crippen molar-refractivity contribution < 1.29 is 18.6 Å². The molecule has 0 saturated carbocycles. The van der Waals surface area contributed by atoms with Crippen LogP contribution in [0.1, 0.15) is 22.3 Å². The van der Waals surface area contributed by atoms with Gasteiger partial charge >= 0.3 is 0 Å². The van der Waals surface area contributed by atoms with E-state index in [2.05, 4.69) is 0 Å². The number of hydrogen-bond acceptors (Lipinski definition) is 2. The first kappa shape index (κ1) is 12.9. The van der Waals surface area contributed by atoms with Crippen molar-refractivity contribution in [1.82, 2.24) is 0 Å². The summed E-state index contributed by atoms with van der Waals surface area (Å²) in [5.41, 5.74) is 1.66. The Balaban J connectivity index is 3.45. The van der Waals surface area contributed by atoms with Crippen LogP contribution >= 0.6 is 0 Å². The quantitative estimate of drug-likeness (QED) is 0.865. The number of ether oxygens (including phenoxy) is 1. The number of halogens is 2. The molecule has 0 radical (unpaired) electrons. The minimum atomic E-state index is -3.20. The maximum Gasteiger partial charge on any atom is 0.296 e. The van der Waals surface area contributed by atoms with E-state index in [1.165, 1.54) is 13.2 Å². The number of benzene rings is 1. The topological polar surface area (TPSA) is 29.5 Å². The number of aliphatic hydroxyl groups excluding tert-OH is 1. The number of rotatable bonds is 3. The Morgan fingerprint density at radius 3 is 2.25 bits per heavy atom. The number of hydrogen-bond donors (Lipinski definition) is 1. The van der Waals surface area contributed by atoms with Gasteiger partial charge in [-0.3, -0.25) is 0 Å². The summed E-state index contributed by atoms with van der Waals surface area (Å²) in [7, 11) is 1.51. The third-order valence-electron chi connectivity index (χ3n) is 2.82. The molecule has 0 aliphatic heterocycles. The molecule has 0 aromatic heterocycles. The van der Waals surface area contributed by atoms with E-state index in [0.29, 0.717) is 22.4 Å². The molecular formula is C12H16F2O2. The van der Waals surface area contributed by atoms with Crippen molar-refractivity contribution >= 4 is 0 Å². The van der Waals surface area contributed by atoms with Gasteiger partial charge in [0.15, 0.2) is 0 Å². The molecule has 4 heteroatoms. The van der Waals surface area contributed by atoms with E-state index in [1.807, 2.05) is 0 Å². The molecule has 0 aliphatic rings. The van der Waals surface area contributed by atoms with Crippen molar-refractivity contribution in [3.63, 3.8) is 0 Å². The summed E-state index contributed by atoms with van der Waals surface area (Å²) >= 11 is 0. The minimum absolute atomic E-state index is 0.134. The van der Waals surface area contributed by atoms with Crippen LogP contribution in [0.3, 0.4) is 0 Å². The highest BCUT2D eigenvalue weighted by atomic mass is 19.3. The lowest BCUT2D eigenvalue weighted by Crippen LogP contribution is -2.20. The first-order valence-corrected chi connectivity index (χ1v) is 4.99. The van der Waals surface area contributed by atoms with E-state index in [0.717, 1.165) is 0 Å². The molecule has 1 N–H and O–H groups in total. The van der Waals surface area contributed by atoms with Gasteiger partial charge < -0.3 is 9.84 Å². The van der Waals surface area contributed by atoms with Crippen molar-refractivity contribution in [3.05, 3.63) is 28.3 Å². The molecule has 0 fully saturated rings. The largest absolute Gasteiger partial charge is 0.496 e. The Morgan fingerprint density at radius 2 is 1.81 bits per heavy atom. The fourth-order valence-electron chi connectivity index (χ4n) is 1.84. The molecule has 0 saturated heterocycles. The molecule has 0 aliphatic carbocycles. The Kier molecular flexibility index (Phi) is 3.53. The van der Waals surface area contributed by atoms with E-state index >= 15 is 0 Å². The van der Waals surface area contributed by atoms with Gasteiger partial charge in [-0.25, -0.2) is 0 Å². The van der Waals surface area contributed by atoms with E-state index in [4.69, 9.17) is 9.84 Å². The van der Waals surface area contributed by atoms with Crippen molar-refractivity contribution in [1.29, 1.82) is 0 Å². The SMILES string of the molecule is COc1c(C)cc(C(F)(F)CO)c(C)c1C. The average Bonchev–Trinajstić information content (AvgIpc) is 2.24. The zero-order chi connectivity index (χ0) is 12.5. The molecule has 16 heavy (non-hydrogen) atoms. The predicted octanol–water partition coefficient (Wildman–Crippen LogP) is 2.70. The molecule has 0 spiro atoms. The van der Waals surface area contributed by atoms with Gasteiger partial charge in [-0.05, 0) is 43.5 Å². The maximum atomic E-state index is 13.5. The molecule has 2 nitrogen and oxygen atoms in total. The second-order valence-electron chi connectivity index (χ2n) is 3.89. The van der Waals surface area contributed by atoms with Crippen molar-refractivity contribution in [2.75, 3.05) is 13.7 Å². The Bertz CT molecular complexity index is 400. The summed E-state index contributed by atoms with van der Waals surface area (Å²) in [5, 5.41) is 8.70. The number of aryl methyl sites for hydroxylation is 1. The monoisotopic (exact) mass is 230 g/mol. The zero-order valence-corrected chi connectivity index (χ0v) is 9.90. The predicted molar refractivity (Wildman–Crippen MR) is 58.2 cm³/mol. The van der Waals surface area contributed by atoms with Crippen LogP contribution in [0.15, 0.2) is 6.07 Å². The number of alkyl halides is 2. The third-order valence-corrected chi connectivity index (χ3v) is 2.82. The summed E-state index contributed by atoms with van der Waals surface area (Å²) in [6.07, 6.45) is 0. The molecule has 0 amide bonds. The zero-order valence-electron chi connectivity index (χ0n) is 9.90. The van der Waals surface area contributed by atoms with Crippen LogP contribution in [0.5, 0.6) is 5.75 Å². The van der Waals surface area contributed by atoms with E-state index in [9.17, 15) is 8.78 Å². The fourth-order valence-corrected chi connectivity index (χ4v) is 1.84. The third kappa shape index (κ3) is 2.02. The molecule has 1 aromatic rings. The van der Waals surface area contributed by atoms with Gasteiger partial charge in [-0.2, -0.15) is 8.78 Å². The molecule has 0 atom stereocenters. The standard InChI is InChI=1S/C12H16F2O2/c1-7-5-10(12(13,14)6-15)8(2)9(3)11(7)16-4/h5,15H,6H2,1-4H3. The Hall–Kier alpha value is -1.16. The van der Waals surface area contributed by atoms with Gasteiger partial charge in [0.25, 0.3) is 5.92 Å². The number of aliphatic hydroxyl groups is 1. The van der Waals surface area contributed by atoms with Crippen molar-refractivity contribution in [3.8, 4) is 5.75 Å². The van der Waals surface area contributed by atoms with Gasteiger partial charge in [-0.1, -0.05) is 0 Å². The number of methoxy groups -OCH3 is 1. The van der Waals surface area contributed by atoms with Gasteiger partial charge in [0.05, 0.1) is 7.11 Å². The van der Waals surface area contributed by atoms with Crippen molar-refractivity contribution in [2.45, 2.75) is 26.7 Å². The van der Waals surface area contributed by atoms with Crippen LogP contribution in [-0.4, -0.2) is 18.8 Å². The molecule has 90 valence electrons. The molecular weight excluding hydrogens is 214 g/mol. The van der Waals surface area contributed by atoms with Crippen LogP contribution in [0.25, 0.3) is 0 Å². The molecule has 0 bridgehead atoms. The summed E-state index contributed by atoms with van der Waals surface area (Å²) in [5.74, 6) is -2.58. The summed E-state index contributed by atoms with van der Waals surface area (Å²) in [6.45, 7) is 3.87. The lowest BCUT2D eigenvalue weighted by Gasteiger charge is -2.20. The van der Waals surface area contributed by atoms with Crippen LogP contribution in [-0.2, 0) is 5.92 Å². The minimum Gasteiger partial charge on any atom is -0.496 e. The first-order chi connectivity index (χ1) is 7.35. The summed E-state index contributed by atoms with van der Waals surface area (Å²) in [6, 6.07) is 1.37. The highest BCUT2D eigenvalue weighted by molar-refractivity contribution is 5.50. The highest BCUT2D eigenvalue weighted by Crippen LogP contribution is 2.36. The van der Waals surface area contributed by atoms with Crippen LogP contribution < -0.4 is 4.74 Å². The lowest BCUT2D eigenvalue weighted by molar-refractivity contribution is -0.0562. The van der Waals surface area contributed by atoms with Gasteiger partial charge in [-0.15, -0.1) is 0 Å². The molecule has 1 aromatic carbocycles. The van der Waals surface area contributed by atoms with Crippen LogP contribution in [0.4, 0.5) is 8.78 Å². The lowest BCUT2D eigenvalue weighted by atomic mass is 9.95. The second kappa shape index (κ2) is 4.37. The van der Waals surface area contributed by atoms with Crippen LogP contribution in [0, 0.1) is 20.8 Å². The van der Waals surface area contributed by atoms with E-state index in [1.54, 1.807) is 20.8 Å². The van der Waals surface area contributed by atoms with E-state index < -0.39 is 12.5 Å². The van der Waals surface area contributed by atoms with Gasteiger partial charge in [0, 0.05) is 5.56 Å². The first-order valence-electron chi connectivity index (χ1n) is 4.99. The molecule has 0 heterocycles.